The van der Waals surface area contributed by atoms with Crippen molar-refractivity contribution in [1.82, 2.24) is 24.4 Å². The van der Waals surface area contributed by atoms with Crippen molar-refractivity contribution in [2.45, 2.75) is 39.8 Å². The van der Waals surface area contributed by atoms with Gasteiger partial charge in [-0.2, -0.15) is 0 Å². The van der Waals surface area contributed by atoms with E-state index in [1.165, 1.54) is 12.1 Å². The SMILES string of the molecule is COc1cccc(Cn2cc(-c3ccc(Cl)c(F)c3)c3ccc(C(=O)N4CCN(c5cc(C)c(C(=O)O)c(C)n5)CC4(C)C)nc32)n1. The Balaban J connectivity index is 1.34. The zero-order valence-electron chi connectivity index (χ0n) is 26.7. The number of piperazine rings is 1. The molecule has 4 aromatic heterocycles. The smallest absolute Gasteiger partial charge is 0.337 e. The van der Waals surface area contributed by atoms with Gasteiger partial charge in [-0.05, 0) is 75.2 Å². The van der Waals surface area contributed by atoms with Crippen molar-refractivity contribution in [2.24, 2.45) is 0 Å². The van der Waals surface area contributed by atoms with Crippen LogP contribution in [0.15, 0.2) is 60.8 Å². The lowest BCUT2D eigenvalue weighted by Gasteiger charge is -2.47. The fourth-order valence-electron chi connectivity index (χ4n) is 6.29. The minimum Gasteiger partial charge on any atom is -0.481 e. The second-order valence-electron chi connectivity index (χ2n) is 12.3. The van der Waals surface area contributed by atoms with Gasteiger partial charge in [-0.15, -0.1) is 0 Å². The predicted molar refractivity (Wildman–Crippen MR) is 178 cm³/mol. The van der Waals surface area contributed by atoms with E-state index in [4.69, 9.17) is 21.3 Å². The number of pyridine rings is 3. The van der Waals surface area contributed by atoms with Crippen LogP contribution in [0.5, 0.6) is 5.88 Å². The van der Waals surface area contributed by atoms with Gasteiger partial charge in [0, 0.05) is 42.8 Å². The Morgan fingerprint density at radius 2 is 1.83 bits per heavy atom. The number of carbonyl (C=O) groups excluding carboxylic acids is 1. The first-order valence-corrected chi connectivity index (χ1v) is 15.5. The molecule has 1 amide bonds. The topological polar surface area (TPSA) is 114 Å². The molecule has 1 aliphatic heterocycles. The van der Waals surface area contributed by atoms with Crippen molar-refractivity contribution in [2.75, 3.05) is 31.6 Å². The standard InChI is InChI=1S/C35H34ClFN6O4/c1-20-15-29(38-21(2)31(20)34(45)46)41-13-14-43(35(3,4)19-41)33(44)28-12-10-24-25(22-9-11-26(36)27(37)16-22)18-42(32(24)40-28)17-23-7-6-8-30(39-23)47-5/h6-12,15-16,18H,13-14,17,19H2,1-5H3,(H,45,46). The number of fused-ring (bicyclic) bond motifs is 1. The van der Waals surface area contributed by atoms with Crippen LogP contribution in [0.1, 0.15) is 51.6 Å². The second-order valence-corrected chi connectivity index (χ2v) is 12.7. The number of aromatic nitrogens is 4. The highest BCUT2D eigenvalue weighted by Crippen LogP contribution is 2.34. The summed E-state index contributed by atoms with van der Waals surface area (Å²) in [4.78, 5) is 43.7. The van der Waals surface area contributed by atoms with E-state index >= 15 is 0 Å². The van der Waals surface area contributed by atoms with Gasteiger partial charge in [0.15, 0.2) is 0 Å². The normalized spacial score (nSPS) is 14.4. The lowest BCUT2D eigenvalue weighted by Crippen LogP contribution is -2.61. The van der Waals surface area contributed by atoms with E-state index in [-0.39, 0.29) is 22.2 Å². The van der Waals surface area contributed by atoms with E-state index in [1.807, 2.05) is 47.7 Å². The van der Waals surface area contributed by atoms with Crippen molar-refractivity contribution in [3.8, 4) is 17.0 Å². The number of anilines is 1. The number of carboxylic acid groups (broad SMARTS) is 1. The summed E-state index contributed by atoms with van der Waals surface area (Å²) in [6.45, 7) is 9.20. The number of aryl methyl sites for hydroxylation is 2. The maximum Gasteiger partial charge on any atom is 0.337 e. The molecule has 0 atom stereocenters. The molecule has 242 valence electrons. The zero-order valence-corrected chi connectivity index (χ0v) is 27.5. The Morgan fingerprint density at radius 1 is 1.04 bits per heavy atom. The lowest BCUT2D eigenvalue weighted by atomic mass is 9.97. The summed E-state index contributed by atoms with van der Waals surface area (Å²) < 4.78 is 21.7. The van der Waals surface area contributed by atoms with Gasteiger partial charge in [-0.3, -0.25) is 4.79 Å². The van der Waals surface area contributed by atoms with Crippen LogP contribution < -0.4 is 9.64 Å². The number of amides is 1. The highest BCUT2D eigenvalue weighted by molar-refractivity contribution is 6.30. The number of hydrogen-bond acceptors (Lipinski definition) is 7. The van der Waals surface area contributed by atoms with E-state index in [0.717, 1.165) is 16.6 Å². The average molecular weight is 657 g/mol. The fourth-order valence-corrected chi connectivity index (χ4v) is 6.41. The summed E-state index contributed by atoms with van der Waals surface area (Å²) in [5.74, 6) is -0.594. The van der Waals surface area contributed by atoms with Gasteiger partial charge in [0.1, 0.15) is 23.0 Å². The van der Waals surface area contributed by atoms with Crippen molar-refractivity contribution in [3.63, 3.8) is 0 Å². The number of benzene rings is 1. The molecule has 0 saturated carbocycles. The van der Waals surface area contributed by atoms with E-state index in [2.05, 4.69) is 14.9 Å². The summed E-state index contributed by atoms with van der Waals surface area (Å²) in [6.07, 6.45) is 1.88. The largest absolute Gasteiger partial charge is 0.481 e. The Morgan fingerprint density at radius 3 is 2.51 bits per heavy atom. The monoisotopic (exact) mass is 656 g/mol. The molecule has 5 heterocycles. The molecule has 1 N–H and O–H groups in total. The van der Waals surface area contributed by atoms with Crippen LogP contribution in [-0.2, 0) is 6.54 Å². The third kappa shape index (κ3) is 6.10. The molecule has 6 rings (SSSR count). The molecule has 0 unspecified atom stereocenters. The number of nitrogens with zero attached hydrogens (tertiary/aromatic N) is 6. The third-order valence-corrected chi connectivity index (χ3v) is 8.87. The molecule has 0 radical (unpaired) electrons. The number of carbonyl (C=O) groups is 2. The van der Waals surface area contributed by atoms with Crippen LogP contribution in [0.2, 0.25) is 5.02 Å². The number of methoxy groups -OCH3 is 1. The van der Waals surface area contributed by atoms with Crippen molar-refractivity contribution in [3.05, 3.63) is 99.8 Å². The quantitative estimate of drug-likeness (QED) is 0.214. The molecule has 10 nitrogen and oxygen atoms in total. The van der Waals surface area contributed by atoms with Crippen LogP contribution in [0.3, 0.4) is 0 Å². The first-order valence-electron chi connectivity index (χ1n) is 15.1. The Labute approximate surface area is 276 Å². The van der Waals surface area contributed by atoms with E-state index < -0.39 is 17.3 Å². The number of aromatic carboxylic acids is 1. The molecular formula is C35H34ClFN6O4. The van der Waals surface area contributed by atoms with Crippen molar-refractivity contribution in [1.29, 1.82) is 0 Å². The average Bonchev–Trinajstić information content (AvgIpc) is 3.38. The molecule has 1 saturated heterocycles. The lowest BCUT2D eigenvalue weighted by molar-refractivity contribution is 0.0507. The predicted octanol–water partition coefficient (Wildman–Crippen LogP) is 6.40. The fraction of sp³-hybridized carbons (Fsp3) is 0.286. The molecule has 0 aliphatic carbocycles. The van der Waals surface area contributed by atoms with Gasteiger partial charge < -0.3 is 24.2 Å². The molecule has 12 heteroatoms. The third-order valence-electron chi connectivity index (χ3n) is 8.56. The minimum absolute atomic E-state index is 0.0325. The summed E-state index contributed by atoms with van der Waals surface area (Å²) in [5, 5.41) is 10.3. The second kappa shape index (κ2) is 12.3. The van der Waals surface area contributed by atoms with Gasteiger partial charge in [-0.25, -0.2) is 24.1 Å². The highest BCUT2D eigenvalue weighted by Gasteiger charge is 2.38. The maximum atomic E-state index is 14.5. The van der Waals surface area contributed by atoms with Gasteiger partial charge >= 0.3 is 5.97 Å². The molecule has 0 spiro atoms. The summed E-state index contributed by atoms with van der Waals surface area (Å²) in [6, 6.07) is 15.5. The molecule has 1 fully saturated rings. The molecule has 5 aromatic rings. The number of hydrogen-bond donors (Lipinski definition) is 1. The van der Waals surface area contributed by atoms with Crippen LogP contribution in [-0.4, -0.2) is 73.7 Å². The van der Waals surface area contributed by atoms with E-state index in [1.54, 1.807) is 45.2 Å². The van der Waals surface area contributed by atoms with Crippen LogP contribution in [0.4, 0.5) is 10.2 Å². The highest BCUT2D eigenvalue weighted by atomic mass is 35.5. The van der Waals surface area contributed by atoms with Crippen LogP contribution in [0, 0.1) is 19.7 Å². The first-order chi connectivity index (χ1) is 22.4. The van der Waals surface area contributed by atoms with Crippen LogP contribution in [0.25, 0.3) is 22.2 Å². The van der Waals surface area contributed by atoms with E-state index in [0.29, 0.717) is 60.3 Å². The minimum atomic E-state index is -1.00. The molecular weight excluding hydrogens is 623 g/mol. The van der Waals surface area contributed by atoms with Gasteiger partial charge in [0.25, 0.3) is 5.91 Å². The first kappa shape index (κ1) is 31.9. The van der Waals surface area contributed by atoms with Gasteiger partial charge in [-0.1, -0.05) is 23.7 Å². The Bertz CT molecular complexity index is 2020. The Kier molecular flexibility index (Phi) is 8.35. The number of carboxylic acids is 1. The number of ether oxygens (including phenoxy) is 1. The summed E-state index contributed by atoms with van der Waals surface area (Å²) >= 11 is 5.97. The summed E-state index contributed by atoms with van der Waals surface area (Å²) in [7, 11) is 1.55. The van der Waals surface area contributed by atoms with Crippen molar-refractivity contribution < 1.29 is 23.8 Å². The van der Waals surface area contributed by atoms with Gasteiger partial charge in [0.2, 0.25) is 5.88 Å². The number of rotatable bonds is 7. The Hall–Kier alpha value is -5.03. The number of halogens is 2. The maximum absolute atomic E-state index is 14.5. The molecule has 0 bridgehead atoms. The van der Waals surface area contributed by atoms with E-state index in [9.17, 15) is 19.1 Å². The molecule has 1 aliphatic rings. The van der Waals surface area contributed by atoms with Crippen LogP contribution >= 0.6 is 11.6 Å². The molecule has 47 heavy (non-hydrogen) atoms. The van der Waals surface area contributed by atoms with Gasteiger partial charge in [0.05, 0.1) is 41.2 Å². The summed E-state index contributed by atoms with van der Waals surface area (Å²) in [5.41, 5.74) is 3.63. The molecule has 1 aromatic carbocycles. The van der Waals surface area contributed by atoms with Crippen molar-refractivity contribution >= 4 is 40.3 Å². The zero-order chi connectivity index (χ0) is 33.6.